The number of hydrogen-bond donors (Lipinski definition) is 2. The number of rotatable bonds is 8. The summed E-state index contributed by atoms with van der Waals surface area (Å²) in [5.41, 5.74) is 11.1. The van der Waals surface area contributed by atoms with Crippen LogP contribution in [0.15, 0.2) is 48.7 Å². The molecule has 2 saturated heterocycles. The highest BCUT2D eigenvalue weighted by atomic mass is 32.2. The van der Waals surface area contributed by atoms with Gasteiger partial charge in [-0.15, -0.1) is 0 Å². The summed E-state index contributed by atoms with van der Waals surface area (Å²) in [5.74, 6) is 0.484. The largest absolute Gasteiger partial charge is 0.389 e. The van der Waals surface area contributed by atoms with E-state index in [0.717, 1.165) is 65.5 Å². The fraction of sp³-hybridized carbons (Fsp3) is 0.407. The maximum Gasteiger partial charge on any atom is 0.211 e. The molecule has 3 heterocycles. The summed E-state index contributed by atoms with van der Waals surface area (Å²) >= 11 is 5.20. The number of nitrogens with two attached hydrogens (primary N) is 1. The van der Waals surface area contributed by atoms with E-state index in [4.69, 9.17) is 18.0 Å². The highest BCUT2D eigenvalue weighted by Gasteiger charge is 2.28. The Labute approximate surface area is 217 Å². The third-order valence-electron chi connectivity index (χ3n) is 7.54. The Balaban J connectivity index is 1.50. The minimum atomic E-state index is -3.19. The van der Waals surface area contributed by atoms with Crippen LogP contribution in [0.2, 0.25) is 0 Å². The maximum absolute atomic E-state index is 12.4. The molecule has 5 rings (SSSR count). The number of thiocarbonyl (C=S) groups is 1. The van der Waals surface area contributed by atoms with Gasteiger partial charge in [0.25, 0.3) is 0 Å². The van der Waals surface area contributed by atoms with Gasteiger partial charge in [-0.1, -0.05) is 42.5 Å². The van der Waals surface area contributed by atoms with E-state index >= 15 is 0 Å². The van der Waals surface area contributed by atoms with E-state index in [1.54, 1.807) is 4.31 Å². The van der Waals surface area contributed by atoms with Gasteiger partial charge in [-0.2, -0.15) is 0 Å². The summed E-state index contributed by atoms with van der Waals surface area (Å²) in [5, 5.41) is 4.29. The number of aryl methyl sites for hydroxylation is 1. The zero-order valence-corrected chi connectivity index (χ0v) is 22.1. The zero-order chi connectivity index (χ0) is 25.4. The molecule has 9 heteroatoms. The van der Waals surface area contributed by atoms with Crippen LogP contribution in [-0.4, -0.2) is 60.5 Å². The summed E-state index contributed by atoms with van der Waals surface area (Å²) in [4.78, 5) is 12.8. The van der Waals surface area contributed by atoms with E-state index in [9.17, 15) is 13.2 Å². The van der Waals surface area contributed by atoms with E-state index < -0.39 is 10.0 Å². The molecular formula is C27H32N4O3S2. The highest BCUT2D eigenvalue weighted by Crippen LogP contribution is 2.36. The smallest absolute Gasteiger partial charge is 0.211 e. The number of carbonyl (C=O) groups excluding carboxylic acids is 1. The van der Waals surface area contributed by atoms with Crippen LogP contribution in [0.4, 0.5) is 0 Å². The molecule has 1 aromatic heterocycles. The normalized spacial score (nSPS) is 17.8. The van der Waals surface area contributed by atoms with Gasteiger partial charge in [0.05, 0.1) is 6.26 Å². The van der Waals surface area contributed by atoms with Crippen molar-refractivity contribution in [1.82, 2.24) is 14.2 Å². The molecule has 0 atom stereocenters. The number of carbonyl (C=O) groups is 1. The number of hydrogen-bond acceptors (Lipinski definition) is 5. The van der Waals surface area contributed by atoms with E-state index in [0.29, 0.717) is 30.3 Å². The van der Waals surface area contributed by atoms with Crippen LogP contribution in [0.3, 0.4) is 0 Å². The molecule has 2 aliphatic heterocycles. The van der Waals surface area contributed by atoms with Crippen molar-refractivity contribution < 1.29 is 13.2 Å². The Morgan fingerprint density at radius 3 is 2.53 bits per heavy atom. The van der Waals surface area contributed by atoms with Crippen LogP contribution < -0.4 is 11.1 Å². The lowest BCUT2D eigenvalue weighted by molar-refractivity contribution is -0.124. The average molecular weight is 525 g/mol. The molecule has 2 aliphatic rings. The number of ketones is 1. The fourth-order valence-electron chi connectivity index (χ4n) is 5.26. The Kier molecular flexibility index (Phi) is 7.00. The van der Waals surface area contributed by atoms with Gasteiger partial charge in [0, 0.05) is 72.8 Å². The quantitative estimate of drug-likeness (QED) is 0.439. The molecular weight excluding hydrogens is 492 g/mol. The van der Waals surface area contributed by atoms with Gasteiger partial charge >= 0.3 is 0 Å². The van der Waals surface area contributed by atoms with Crippen molar-refractivity contribution in [3.05, 3.63) is 59.8 Å². The summed E-state index contributed by atoms with van der Waals surface area (Å²) in [6, 6.07) is 14.6. The molecule has 0 saturated carbocycles. The fourth-order valence-corrected chi connectivity index (χ4v) is 6.27. The van der Waals surface area contributed by atoms with E-state index in [-0.39, 0.29) is 12.0 Å². The number of nitrogens with one attached hydrogen (secondary N) is 1. The lowest BCUT2D eigenvalue weighted by atomic mass is 9.93. The second-order valence-corrected chi connectivity index (χ2v) is 12.4. The Morgan fingerprint density at radius 1 is 1.14 bits per heavy atom. The monoisotopic (exact) mass is 524 g/mol. The third-order valence-corrected chi connectivity index (χ3v) is 9.08. The van der Waals surface area contributed by atoms with E-state index in [2.05, 4.69) is 40.3 Å². The number of sulfonamides is 1. The molecule has 3 N–H and O–H groups in total. The van der Waals surface area contributed by atoms with Crippen molar-refractivity contribution in [3.63, 3.8) is 0 Å². The summed E-state index contributed by atoms with van der Waals surface area (Å²) in [7, 11) is -3.19. The molecule has 0 spiro atoms. The lowest BCUT2D eigenvalue weighted by Gasteiger charge is -2.31. The summed E-state index contributed by atoms with van der Waals surface area (Å²) in [6.07, 6.45) is 6.22. The Hall–Kier alpha value is -2.59. The predicted octanol–water partition coefficient (Wildman–Crippen LogP) is 3.26. The average Bonchev–Trinajstić information content (AvgIpc) is 3.20. The highest BCUT2D eigenvalue weighted by molar-refractivity contribution is 7.88. The van der Waals surface area contributed by atoms with E-state index in [1.165, 1.54) is 6.26 Å². The van der Waals surface area contributed by atoms with Crippen molar-refractivity contribution in [2.24, 2.45) is 11.7 Å². The van der Waals surface area contributed by atoms with Crippen LogP contribution >= 0.6 is 12.2 Å². The molecule has 0 bridgehead atoms. The van der Waals surface area contributed by atoms with Gasteiger partial charge in [0.15, 0.2) is 0 Å². The first-order valence-electron chi connectivity index (χ1n) is 12.4. The first-order chi connectivity index (χ1) is 17.2. The molecule has 36 heavy (non-hydrogen) atoms. The Bertz CT molecular complexity index is 1420. The molecule has 7 nitrogen and oxygen atoms in total. The molecule has 0 unspecified atom stereocenters. The number of Topliss-reactive ketones (excluding diaryl/α,β-unsaturated/α-hetero) is 1. The molecule has 190 valence electrons. The molecule has 3 aromatic rings. The zero-order valence-electron chi connectivity index (χ0n) is 20.4. The van der Waals surface area contributed by atoms with Gasteiger partial charge in [0.1, 0.15) is 10.8 Å². The number of piperidine rings is 1. The first kappa shape index (κ1) is 25.1. The Morgan fingerprint density at radius 2 is 1.89 bits per heavy atom. The van der Waals surface area contributed by atoms with Crippen LogP contribution in [0.1, 0.15) is 36.4 Å². The first-order valence-corrected chi connectivity index (χ1v) is 14.7. The molecule has 2 fully saturated rings. The number of fused-ring (bicyclic) bond motifs is 1. The van der Waals surface area contributed by atoms with Crippen molar-refractivity contribution in [2.75, 3.05) is 32.4 Å². The maximum atomic E-state index is 12.4. The van der Waals surface area contributed by atoms with Gasteiger partial charge in [-0.05, 0) is 42.5 Å². The van der Waals surface area contributed by atoms with E-state index in [1.807, 2.05) is 18.2 Å². The second-order valence-electron chi connectivity index (χ2n) is 9.96. The van der Waals surface area contributed by atoms with Crippen LogP contribution in [-0.2, 0) is 21.2 Å². The van der Waals surface area contributed by atoms with Crippen LogP contribution in [0.25, 0.3) is 22.0 Å². The molecule has 0 radical (unpaired) electrons. The van der Waals surface area contributed by atoms with Crippen molar-refractivity contribution in [1.29, 1.82) is 0 Å². The predicted molar refractivity (Wildman–Crippen MR) is 148 cm³/mol. The van der Waals surface area contributed by atoms with Crippen LogP contribution in [0, 0.1) is 5.92 Å². The number of nitrogens with zero attached hydrogens (tertiary/aromatic N) is 2. The van der Waals surface area contributed by atoms with Gasteiger partial charge < -0.3 is 15.6 Å². The van der Waals surface area contributed by atoms with Gasteiger partial charge in [-0.3, -0.25) is 4.79 Å². The van der Waals surface area contributed by atoms with Gasteiger partial charge in [-0.25, -0.2) is 12.7 Å². The second kappa shape index (κ2) is 10.0. The molecule has 0 aliphatic carbocycles. The number of benzene rings is 2. The summed E-state index contributed by atoms with van der Waals surface area (Å²) in [6.45, 7) is 2.61. The molecule has 2 aromatic carbocycles. The third kappa shape index (κ3) is 5.11. The lowest BCUT2D eigenvalue weighted by Crippen LogP contribution is -2.46. The van der Waals surface area contributed by atoms with Crippen molar-refractivity contribution in [2.45, 2.75) is 31.7 Å². The van der Waals surface area contributed by atoms with Crippen LogP contribution in [0.5, 0.6) is 0 Å². The summed E-state index contributed by atoms with van der Waals surface area (Å²) < 4.78 is 27.9. The minimum Gasteiger partial charge on any atom is -0.389 e. The molecule has 0 amide bonds. The van der Waals surface area contributed by atoms with Crippen molar-refractivity contribution in [3.8, 4) is 11.1 Å². The topological polar surface area (TPSA) is 97.4 Å². The van der Waals surface area contributed by atoms with Gasteiger partial charge in [0.2, 0.25) is 10.0 Å². The standard InChI is InChI=1S/C27H32N4O3S2/c1-36(33,34)30-11-9-22(10-12-30)31-17-24(19-3-2-4-20(14-19)27(28)35)23-7-5-18(13-25(23)31)6-8-26(32)21-15-29-16-21/h2-5,7,13-14,17,21-22,29H,6,8-12,15-16H2,1H3,(H2,28,35). The van der Waals surface area contributed by atoms with Crippen molar-refractivity contribution >= 4 is 43.9 Å². The SMILES string of the molecule is CS(=O)(=O)N1CCC(n2cc(-c3cccc(C(N)=S)c3)c3ccc(CCC(=O)C4CNC4)cc32)CC1. The minimum absolute atomic E-state index is 0.158. The number of aromatic nitrogens is 1.